The van der Waals surface area contributed by atoms with Gasteiger partial charge in [-0.2, -0.15) is 0 Å². The Morgan fingerprint density at radius 1 is 0.113 bits per heavy atom. The van der Waals surface area contributed by atoms with E-state index in [4.69, 9.17) is 0 Å². The summed E-state index contributed by atoms with van der Waals surface area (Å²) in [5, 5.41) is 17.8. The minimum atomic E-state index is 1.10. The third kappa shape index (κ3) is 18.0. The first kappa shape index (κ1) is 94.2. The number of benzene rings is 24. The van der Waals surface area contributed by atoms with Crippen LogP contribution in [0.1, 0.15) is 0 Å². The molecule has 0 bridgehead atoms. The fraction of sp³-hybridized carbons (Fsp3) is 0. The fourth-order valence-electron chi connectivity index (χ4n) is 21.7. The lowest BCUT2D eigenvalue weighted by atomic mass is 10.0. The minimum absolute atomic E-state index is 1.10. The predicted molar refractivity (Wildman–Crippen MR) is 655 cm³/mol. The Bertz CT molecular complexity index is 10200. The quantitative estimate of drug-likeness (QED) is 0.116. The van der Waals surface area contributed by atoms with E-state index in [1.54, 1.807) is 0 Å². The second-order valence-electron chi connectivity index (χ2n) is 37.5. The maximum absolute atomic E-state index is 3.72. The van der Waals surface area contributed by atoms with Crippen molar-refractivity contribution in [3.8, 4) is 106 Å². The van der Waals surface area contributed by atoms with E-state index >= 15 is 0 Å². The number of fused-ring (bicyclic) bond motifs is 17. The molecule has 0 aliphatic carbocycles. The molecule has 0 amide bonds. The van der Waals surface area contributed by atoms with Gasteiger partial charge in [0.15, 0.2) is 0 Å². The first-order chi connectivity index (χ1) is 74.0. The highest BCUT2D eigenvalue weighted by atomic mass is 79.9. The van der Waals surface area contributed by atoms with Crippen LogP contribution < -0.4 is 0 Å². The van der Waals surface area contributed by atoms with Gasteiger partial charge < -0.3 is 22.8 Å². The summed E-state index contributed by atoms with van der Waals surface area (Å²) in [5.41, 5.74) is 35.1. The van der Waals surface area contributed by atoms with Gasteiger partial charge in [-0.05, 0) is 240 Å². The van der Waals surface area contributed by atoms with Crippen molar-refractivity contribution < 1.29 is 0 Å². The van der Waals surface area contributed by atoms with E-state index in [-0.39, 0.29) is 0 Å². The fourth-order valence-corrected chi connectivity index (χ4v) is 24.3. The van der Waals surface area contributed by atoms with Crippen molar-refractivity contribution >= 4 is 210 Å². The van der Waals surface area contributed by atoms with Gasteiger partial charge in [0.1, 0.15) is 0 Å². The van der Waals surface area contributed by atoms with E-state index in [2.05, 4.69) is 655 Å². The van der Waals surface area contributed by atoms with Crippen molar-refractivity contribution in [1.29, 1.82) is 0 Å². The molecule has 0 radical (unpaired) electrons. The second kappa shape index (κ2) is 41.5. The van der Waals surface area contributed by atoms with E-state index in [1.807, 2.05) is 6.07 Å². The molecule has 5 heterocycles. The molecule has 0 fully saturated rings. The number of rotatable bonds is 12. The zero-order valence-corrected chi connectivity index (χ0v) is 89.2. The van der Waals surface area contributed by atoms with Gasteiger partial charge in [-0.3, -0.25) is 0 Å². The third-order valence-corrected chi connectivity index (χ3v) is 32.2. The lowest BCUT2D eigenvalue weighted by molar-refractivity contribution is 1.18. The van der Waals surface area contributed by atoms with Crippen molar-refractivity contribution in [2.75, 3.05) is 0 Å². The average Bonchev–Trinajstić information content (AvgIpc) is 1.59. The molecule has 0 aliphatic rings. The molecule has 150 heavy (non-hydrogen) atoms. The highest BCUT2D eigenvalue weighted by Crippen LogP contribution is 2.46. The summed E-state index contributed by atoms with van der Waals surface area (Å²) in [6, 6.07) is 199. The van der Waals surface area contributed by atoms with Crippen molar-refractivity contribution in [2.24, 2.45) is 0 Å². The molecule has 0 saturated heterocycles. The number of hydrogen-bond donors (Lipinski definition) is 0. The zero-order valence-electron chi connectivity index (χ0n) is 81.2. The summed E-state index contributed by atoms with van der Waals surface area (Å²) < 4.78 is 17.5. The predicted octanol–water partition coefficient (Wildman–Crippen LogP) is 41.7. The largest absolute Gasteiger partial charge is 0.309 e. The molecule has 712 valence electrons. The van der Waals surface area contributed by atoms with Gasteiger partial charge in [-0.25, -0.2) is 0 Å². The summed E-state index contributed by atoms with van der Waals surface area (Å²) in [6.45, 7) is 0. The number of hydrogen-bond acceptors (Lipinski definition) is 0. The van der Waals surface area contributed by atoms with Crippen LogP contribution in [0.4, 0.5) is 0 Å². The smallest absolute Gasteiger partial charge is 0.0547 e. The van der Waals surface area contributed by atoms with Crippen LogP contribution in [0.5, 0.6) is 0 Å². The summed E-state index contributed by atoms with van der Waals surface area (Å²) in [7, 11) is 0. The molecule has 29 aromatic rings. The van der Waals surface area contributed by atoms with Gasteiger partial charge in [0.2, 0.25) is 0 Å². The van der Waals surface area contributed by atoms with Crippen LogP contribution >= 0.6 is 79.6 Å². The van der Waals surface area contributed by atoms with Crippen LogP contribution in [-0.2, 0) is 0 Å². The van der Waals surface area contributed by atoms with Gasteiger partial charge in [-0.15, -0.1) is 0 Å². The Morgan fingerprint density at radius 2 is 0.340 bits per heavy atom. The third-order valence-electron chi connectivity index (χ3n) is 28.8. The molecule has 0 N–H and O–H groups in total. The molecule has 5 nitrogen and oxygen atoms in total. The molecule has 24 aromatic carbocycles. The van der Waals surface area contributed by atoms with E-state index in [9.17, 15) is 0 Å². The highest BCUT2D eigenvalue weighted by molar-refractivity contribution is 9.11. The molecule has 0 aliphatic heterocycles. The molecule has 0 saturated carbocycles. The van der Waals surface area contributed by atoms with Crippen LogP contribution in [0.25, 0.3) is 237 Å². The zero-order chi connectivity index (χ0) is 101. The molecule has 5 aromatic heterocycles. The monoisotopic (exact) mass is 2240 g/mol. The normalized spacial score (nSPS) is 11.4. The van der Waals surface area contributed by atoms with E-state index in [0.717, 1.165) is 22.4 Å². The topological polar surface area (TPSA) is 24.6 Å². The van der Waals surface area contributed by atoms with Gasteiger partial charge in [0.05, 0.1) is 60.9 Å². The second-order valence-corrected chi connectivity index (χ2v) is 41.8. The van der Waals surface area contributed by atoms with E-state index in [1.165, 1.54) is 237 Å². The van der Waals surface area contributed by atoms with Crippen LogP contribution in [0, 0.1) is 0 Å². The molecule has 0 spiro atoms. The average molecular weight is 2240 g/mol. The lowest BCUT2D eigenvalue weighted by Gasteiger charge is -2.12. The molecular weight excluding hydrogens is 2150 g/mol. The van der Waals surface area contributed by atoms with Gasteiger partial charge >= 0.3 is 0 Å². The Labute approximate surface area is 911 Å². The first-order valence-electron chi connectivity index (χ1n) is 50.3. The van der Waals surface area contributed by atoms with Crippen LogP contribution in [0.2, 0.25) is 0 Å². The van der Waals surface area contributed by atoms with Gasteiger partial charge in [0.25, 0.3) is 0 Å². The Kier molecular flexibility index (Phi) is 26.1. The molecule has 0 unspecified atom stereocenters. The summed E-state index contributed by atoms with van der Waals surface area (Å²) in [4.78, 5) is 0. The van der Waals surface area contributed by atoms with Crippen molar-refractivity contribution in [1.82, 2.24) is 22.8 Å². The maximum atomic E-state index is 3.72. The molecule has 10 heteroatoms. The van der Waals surface area contributed by atoms with Crippen LogP contribution in [0.3, 0.4) is 0 Å². The van der Waals surface area contributed by atoms with E-state index < -0.39 is 0 Å². The van der Waals surface area contributed by atoms with Gasteiger partial charge in [-0.1, -0.05) is 492 Å². The summed E-state index contributed by atoms with van der Waals surface area (Å²) >= 11 is 18.6. The van der Waals surface area contributed by atoms with E-state index in [0.29, 0.717) is 0 Å². The summed E-state index contributed by atoms with van der Waals surface area (Å²) in [5.74, 6) is 0. The Balaban J connectivity index is 0.0000000972. The minimum Gasteiger partial charge on any atom is -0.309 e. The Morgan fingerprint density at radius 3 is 0.707 bits per heavy atom. The molecule has 29 rings (SSSR count). The van der Waals surface area contributed by atoms with Crippen molar-refractivity contribution in [3.63, 3.8) is 0 Å². The Hall–Kier alpha value is -16.8. The number of para-hydroxylation sites is 6. The standard InChI is InChI=1S/2C30H20BrN.2C28H18BrN.C24H16BrN/c31-28-14-8-7-13-25(28)23-16-18-27-26-17-15-22(21-9-3-1-4-10-21)19-29(26)32(30(27)20-23)24-11-5-2-6-12-24;31-28-12-6-4-10-25(28)23-16-19-27-26-11-5-7-13-29(26)32(30(27)20-23)24-17-14-22(15-18-24)21-8-2-1-3-9-21;29-25-13-5-3-10-21(25)20-16-17-24-23-12-4-6-14-27(23)30(28(24)18-20)26-15-7-9-19-8-1-2-11-22(19)26;29-26-11-5-3-9-23(26)21-14-16-25-24-10-4-6-12-27(24)30(28(25)18-21)22-15-13-19-7-1-2-8-20(19)17-22;25-22-12-6-4-10-19(22)17-14-15-21-20-11-5-7-13-23(20)26(24(21)16-17)18-8-2-1-3-9-18/h2*1-20H;2*1-18H;1-16H. The number of nitrogens with zero attached hydrogens (tertiary/aromatic N) is 5. The van der Waals surface area contributed by atoms with Crippen LogP contribution in [-0.4, -0.2) is 22.8 Å². The maximum Gasteiger partial charge on any atom is 0.0547 e. The van der Waals surface area contributed by atoms with Crippen molar-refractivity contribution in [3.05, 3.63) is 580 Å². The highest BCUT2D eigenvalue weighted by Gasteiger charge is 2.23. The van der Waals surface area contributed by atoms with Gasteiger partial charge in [0, 0.05) is 104 Å². The molecular formula is C140H92Br5N5. The first-order valence-corrected chi connectivity index (χ1v) is 54.2. The SMILES string of the molecule is Brc1ccccc1-c1ccc2c3ccc(-c4ccccc4)cc3n(-c3ccccc3)c2c1.Brc1ccccc1-c1ccc2c3ccccc3n(-c3ccc(-c4ccccc4)cc3)c2c1.Brc1ccccc1-c1ccc2c3ccccc3n(-c3ccc4ccccc4c3)c2c1.Brc1ccccc1-c1ccc2c3ccccc3n(-c3cccc4ccccc34)c2c1.Brc1ccccc1-c1ccc2c3ccccc3n(-c3ccccc3)c2c1. The van der Waals surface area contributed by atoms with Crippen molar-refractivity contribution in [2.45, 2.75) is 0 Å². The number of halogens is 5. The summed E-state index contributed by atoms with van der Waals surface area (Å²) in [6.07, 6.45) is 0. The van der Waals surface area contributed by atoms with Crippen LogP contribution in [0.15, 0.2) is 580 Å². The lowest BCUT2D eigenvalue weighted by Crippen LogP contribution is -1.95. The molecule has 0 atom stereocenters. The number of aromatic nitrogens is 5.